The van der Waals surface area contributed by atoms with E-state index in [2.05, 4.69) is 43.1 Å². The number of nitrogens with zero attached hydrogens (tertiary/aromatic N) is 2. The van der Waals surface area contributed by atoms with Crippen LogP contribution in [0.3, 0.4) is 0 Å². The van der Waals surface area contributed by atoms with E-state index in [1.54, 1.807) is 6.07 Å². The van der Waals surface area contributed by atoms with E-state index in [1.807, 2.05) is 17.5 Å². The van der Waals surface area contributed by atoms with Crippen molar-refractivity contribution in [3.8, 4) is 11.3 Å². The average molecular weight is 300 g/mol. The summed E-state index contributed by atoms with van der Waals surface area (Å²) in [6, 6.07) is 10.3. The minimum Gasteiger partial charge on any atom is -0.396 e. The predicted octanol–water partition coefficient (Wildman–Crippen LogP) is 4.67. The fourth-order valence-corrected chi connectivity index (χ4v) is 2.76. The molecule has 0 saturated carbocycles. The van der Waals surface area contributed by atoms with Crippen molar-refractivity contribution >= 4 is 22.9 Å². The topological polar surface area (TPSA) is 43.3 Å². The first-order valence-corrected chi connectivity index (χ1v) is 7.39. The summed E-state index contributed by atoms with van der Waals surface area (Å²) >= 11 is 6.08. The highest BCUT2D eigenvalue weighted by Crippen LogP contribution is 2.29. The second-order valence-electron chi connectivity index (χ2n) is 5.63. The van der Waals surface area contributed by atoms with Crippen LogP contribution in [0.5, 0.6) is 0 Å². The van der Waals surface area contributed by atoms with Crippen molar-refractivity contribution in [1.82, 2.24) is 9.38 Å². The Morgan fingerprint density at radius 2 is 1.86 bits per heavy atom. The Hall–Kier alpha value is -2.00. The normalized spacial score (nSPS) is 11.5. The van der Waals surface area contributed by atoms with Crippen molar-refractivity contribution in [2.45, 2.75) is 26.7 Å². The van der Waals surface area contributed by atoms with Gasteiger partial charge in [-0.2, -0.15) is 0 Å². The van der Waals surface area contributed by atoms with Crippen LogP contribution in [-0.4, -0.2) is 9.38 Å². The van der Waals surface area contributed by atoms with Gasteiger partial charge in [-0.05, 0) is 24.5 Å². The van der Waals surface area contributed by atoms with E-state index in [0.717, 1.165) is 22.6 Å². The van der Waals surface area contributed by atoms with Gasteiger partial charge in [-0.25, -0.2) is 4.98 Å². The first-order chi connectivity index (χ1) is 9.97. The van der Waals surface area contributed by atoms with Crippen LogP contribution in [0.1, 0.15) is 31.0 Å². The number of halogens is 1. The molecular weight excluding hydrogens is 282 g/mol. The first kappa shape index (κ1) is 14.0. The van der Waals surface area contributed by atoms with Crippen LogP contribution < -0.4 is 5.73 Å². The Morgan fingerprint density at radius 3 is 2.48 bits per heavy atom. The Kier molecular flexibility index (Phi) is 3.38. The zero-order valence-electron chi connectivity index (χ0n) is 12.4. The van der Waals surface area contributed by atoms with Gasteiger partial charge in [0, 0.05) is 17.5 Å². The largest absolute Gasteiger partial charge is 0.396 e. The number of hydrogen-bond acceptors (Lipinski definition) is 2. The number of nitrogens with two attached hydrogens (primary N) is 1. The molecule has 0 radical (unpaired) electrons. The number of anilines is 1. The smallest absolute Gasteiger partial charge is 0.161 e. The predicted molar refractivity (Wildman–Crippen MR) is 88.9 cm³/mol. The second-order valence-corrected chi connectivity index (χ2v) is 6.07. The average Bonchev–Trinajstić information content (AvgIpc) is 2.77. The lowest BCUT2D eigenvalue weighted by Crippen LogP contribution is -1.93. The molecule has 0 fully saturated rings. The van der Waals surface area contributed by atoms with Crippen molar-refractivity contribution in [2.75, 3.05) is 5.73 Å². The number of pyridine rings is 1. The SMILES string of the molecule is Cc1c(-c2ccc(C(C)C)cc2)nc2c(N)cc(Cl)cn12. The van der Waals surface area contributed by atoms with E-state index in [0.29, 0.717) is 16.6 Å². The van der Waals surface area contributed by atoms with Gasteiger partial charge in [0.05, 0.1) is 16.4 Å². The van der Waals surface area contributed by atoms with Gasteiger partial charge in [-0.1, -0.05) is 49.7 Å². The van der Waals surface area contributed by atoms with Crippen molar-refractivity contribution in [1.29, 1.82) is 0 Å². The van der Waals surface area contributed by atoms with Gasteiger partial charge in [0.2, 0.25) is 0 Å². The Morgan fingerprint density at radius 1 is 1.19 bits per heavy atom. The van der Waals surface area contributed by atoms with Crippen LogP contribution in [0.2, 0.25) is 5.02 Å². The number of aromatic nitrogens is 2. The second kappa shape index (κ2) is 5.08. The highest BCUT2D eigenvalue weighted by molar-refractivity contribution is 6.30. The maximum Gasteiger partial charge on any atom is 0.161 e. The maximum absolute atomic E-state index is 6.08. The number of rotatable bonds is 2. The van der Waals surface area contributed by atoms with Gasteiger partial charge in [0.1, 0.15) is 0 Å². The summed E-state index contributed by atoms with van der Waals surface area (Å²) < 4.78 is 1.95. The summed E-state index contributed by atoms with van der Waals surface area (Å²) in [5.41, 5.74) is 11.8. The van der Waals surface area contributed by atoms with Gasteiger partial charge in [0.15, 0.2) is 5.65 Å². The number of fused-ring (bicyclic) bond motifs is 1. The van der Waals surface area contributed by atoms with E-state index in [-0.39, 0.29) is 0 Å². The molecule has 21 heavy (non-hydrogen) atoms. The Labute approximate surface area is 129 Å². The van der Waals surface area contributed by atoms with Crippen LogP contribution in [-0.2, 0) is 0 Å². The number of hydrogen-bond donors (Lipinski definition) is 1. The van der Waals surface area contributed by atoms with Crippen LogP contribution in [0.15, 0.2) is 36.5 Å². The van der Waals surface area contributed by atoms with Gasteiger partial charge in [-0.3, -0.25) is 0 Å². The molecule has 0 bridgehead atoms. The van der Waals surface area contributed by atoms with E-state index in [4.69, 9.17) is 17.3 Å². The monoisotopic (exact) mass is 299 g/mol. The molecule has 2 aromatic heterocycles. The minimum absolute atomic E-state index is 0.524. The summed E-state index contributed by atoms with van der Waals surface area (Å²) in [4.78, 5) is 4.68. The van der Waals surface area contributed by atoms with Gasteiger partial charge in [-0.15, -0.1) is 0 Å². The van der Waals surface area contributed by atoms with Crippen molar-refractivity contribution in [3.63, 3.8) is 0 Å². The molecule has 0 amide bonds. The number of nitrogen functional groups attached to an aromatic ring is 1. The van der Waals surface area contributed by atoms with Crippen molar-refractivity contribution in [2.24, 2.45) is 0 Å². The fourth-order valence-electron chi connectivity index (χ4n) is 2.55. The molecule has 0 aliphatic heterocycles. The van der Waals surface area contributed by atoms with Gasteiger partial charge < -0.3 is 10.1 Å². The first-order valence-electron chi connectivity index (χ1n) is 7.01. The molecule has 3 rings (SSSR count). The highest BCUT2D eigenvalue weighted by atomic mass is 35.5. The molecule has 0 unspecified atom stereocenters. The van der Waals surface area contributed by atoms with E-state index in [9.17, 15) is 0 Å². The Bertz CT molecular complexity index is 801. The molecule has 3 aromatic rings. The molecule has 0 spiro atoms. The summed E-state index contributed by atoms with van der Waals surface area (Å²) in [6.07, 6.45) is 1.85. The lowest BCUT2D eigenvalue weighted by Gasteiger charge is -2.06. The number of aryl methyl sites for hydroxylation is 1. The molecule has 0 atom stereocenters. The molecule has 4 heteroatoms. The highest BCUT2D eigenvalue weighted by Gasteiger charge is 2.13. The fraction of sp³-hybridized carbons (Fsp3) is 0.235. The third-order valence-electron chi connectivity index (χ3n) is 3.80. The zero-order valence-corrected chi connectivity index (χ0v) is 13.1. The summed E-state index contributed by atoms with van der Waals surface area (Å²) in [5, 5.41) is 0.613. The number of imidazole rings is 1. The summed E-state index contributed by atoms with van der Waals surface area (Å²) in [7, 11) is 0. The van der Waals surface area contributed by atoms with E-state index < -0.39 is 0 Å². The molecule has 0 saturated heterocycles. The molecule has 2 N–H and O–H groups in total. The lowest BCUT2D eigenvalue weighted by molar-refractivity contribution is 0.867. The molecular formula is C17H18ClN3. The van der Waals surface area contributed by atoms with Crippen LogP contribution in [0.4, 0.5) is 5.69 Å². The zero-order chi connectivity index (χ0) is 15.1. The van der Waals surface area contributed by atoms with E-state index >= 15 is 0 Å². The van der Waals surface area contributed by atoms with Gasteiger partial charge >= 0.3 is 0 Å². The minimum atomic E-state index is 0.524. The van der Waals surface area contributed by atoms with Gasteiger partial charge in [0.25, 0.3) is 0 Å². The third kappa shape index (κ3) is 2.38. The molecule has 3 nitrogen and oxygen atoms in total. The van der Waals surface area contributed by atoms with Crippen molar-refractivity contribution < 1.29 is 0 Å². The van der Waals surface area contributed by atoms with Crippen LogP contribution in [0.25, 0.3) is 16.9 Å². The lowest BCUT2D eigenvalue weighted by atomic mass is 10.0. The summed E-state index contributed by atoms with van der Waals surface area (Å²) in [6.45, 7) is 6.41. The third-order valence-corrected chi connectivity index (χ3v) is 4.01. The standard InChI is InChI=1S/C17H18ClN3/c1-10(2)12-4-6-13(7-5-12)16-11(3)21-9-14(18)8-15(19)17(21)20-16/h4-10H,19H2,1-3H3. The molecule has 0 aliphatic carbocycles. The van der Waals surface area contributed by atoms with Crippen molar-refractivity contribution in [3.05, 3.63) is 52.8 Å². The maximum atomic E-state index is 6.08. The van der Waals surface area contributed by atoms with E-state index in [1.165, 1.54) is 5.56 Å². The summed E-state index contributed by atoms with van der Waals surface area (Å²) in [5.74, 6) is 0.524. The molecule has 108 valence electrons. The molecule has 0 aliphatic rings. The number of benzene rings is 1. The Balaban J connectivity index is 2.16. The molecule has 1 aromatic carbocycles. The van der Waals surface area contributed by atoms with Crippen LogP contribution in [0, 0.1) is 6.92 Å². The quantitative estimate of drug-likeness (QED) is 0.747. The molecule has 2 heterocycles. The van der Waals surface area contributed by atoms with Crippen LogP contribution >= 0.6 is 11.6 Å².